The fourth-order valence-electron chi connectivity index (χ4n) is 2.48. The molecule has 0 bridgehead atoms. The van der Waals surface area contributed by atoms with Gasteiger partial charge in [-0.3, -0.25) is 0 Å². The van der Waals surface area contributed by atoms with E-state index >= 15 is 0 Å². The van der Waals surface area contributed by atoms with Gasteiger partial charge in [0.25, 0.3) is 0 Å². The van der Waals surface area contributed by atoms with E-state index in [0.717, 1.165) is 12.1 Å². The maximum atomic E-state index is 5.78. The fourth-order valence-corrected chi connectivity index (χ4v) is 2.48. The molecule has 0 spiro atoms. The molecule has 1 fully saturated rings. The standard InChI is InChI=1S/C15H25N3/c1-17-9-11-18(12-10-17)8-3-2-5-14-6-4-7-15(16)13-14/h4,6-7,13H,2-3,5,8-12,16H2,1H3. The number of likely N-dealkylation sites (N-methyl/N-ethyl adjacent to an activating group) is 1. The Bertz CT molecular complexity index is 357. The summed E-state index contributed by atoms with van der Waals surface area (Å²) in [6.07, 6.45) is 3.70. The van der Waals surface area contributed by atoms with Gasteiger partial charge in [-0.05, 0) is 50.6 Å². The molecule has 1 saturated heterocycles. The maximum absolute atomic E-state index is 5.78. The number of hydrogen-bond donors (Lipinski definition) is 1. The molecular formula is C15H25N3. The van der Waals surface area contributed by atoms with Crippen molar-refractivity contribution in [3.05, 3.63) is 29.8 Å². The minimum atomic E-state index is 0.881. The van der Waals surface area contributed by atoms with Crippen molar-refractivity contribution in [2.24, 2.45) is 0 Å². The first-order chi connectivity index (χ1) is 8.74. The van der Waals surface area contributed by atoms with E-state index in [2.05, 4.69) is 29.0 Å². The molecule has 1 aliphatic rings. The van der Waals surface area contributed by atoms with E-state index < -0.39 is 0 Å². The second-order valence-electron chi connectivity index (χ2n) is 5.35. The molecule has 0 aliphatic carbocycles. The predicted octanol–water partition coefficient (Wildman–Crippen LogP) is 1.84. The molecule has 3 heteroatoms. The van der Waals surface area contributed by atoms with Crippen LogP contribution in [0.25, 0.3) is 0 Å². The monoisotopic (exact) mass is 247 g/mol. The molecule has 18 heavy (non-hydrogen) atoms. The number of aryl methyl sites for hydroxylation is 1. The molecule has 1 aromatic rings. The van der Waals surface area contributed by atoms with E-state index in [1.54, 1.807) is 0 Å². The van der Waals surface area contributed by atoms with Gasteiger partial charge in [-0.2, -0.15) is 0 Å². The summed E-state index contributed by atoms with van der Waals surface area (Å²) < 4.78 is 0. The van der Waals surface area contributed by atoms with Gasteiger partial charge in [0.15, 0.2) is 0 Å². The lowest BCUT2D eigenvalue weighted by Crippen LogP contribution is -2.44. The topological polar surface area (TPSA) is 32.5 Å². The van der Waals surface area contributed by atoms with Crippen molar-refractivity contribution in [2.45, 2.75) is 19.3 Å². The lowest BCUT2D eigenvalue weighted by atomic mass is 10.1. The number of nitrogen functional groups attached to an aromatic ring is 1. The van der Waals surface area contributed by atoms with E-state index in [1.807, 2.05) is 12.1 Å². The Balaban J connectivity index is 1.61. The summed E-state index contributed by atoms with van der Waals surface area (Å²) in [7, 11) is 2.21. The molecule has 1 aromatic carbocycles. The lowest BCUT2D eigenvalue weighted by molar-refractivity contribution is 0.152. The summed E-state index contributed by atoms with van der Waals surface area (Å²) in [5, 5.41) is 0. The Morgan fingerprint density at radius 1 is 1.11 bits per heavy atom. The van der Waals surface area contributed by atoms with Crippen LogP contribution in [0.3, 0.4) is 0 Å². The number of unbranched alkanes of at least 4 members (excludes halogenated alkanes) is 1. The minimum absolute atomic E-state index is 0.881. The maximum Gasteiger partial charge on any atom is 0.0316 e. The van der Waals surface area contributed by atoms with Gasteiger partial charge in [0.05, 0.1) is 0 Å². The molecule has 0 saturated carbocycles. The zero-order chi connectivity index (χ0) is 12.8. The van der Waals surface area contributed by atoms with Crippen LogP contribution in [0.2, 0.25) is 0 Å². The average Bonchev–Trinajstić information content (AvgIpc) is 2.37. The first kappa shape index (κ1) is 13.4. The van der Waals surface area contributed by atoms with Crippen molar-refractivity contribution < 1.29 is 0 Å². The fraction of sp³-hybridized carbons (Fsp3) is 0.600. The zero-order valence-corrected chi connectivity index (χ0v) is 11.4. The Morgan fingerprint density at radius 3 is 2.61 bits per heavy atom. The highest BCUT2D eigenvalue weighted by Crippen LogP contribution is 2.10. The van der Waals surface area contributed by atoms with Crippen LogP contribution in [0.15, 0.2) is 24.3 Å². The first-order valence-corrected chi connectivity index (χ1v) is 6.99. The number of benzene rings is 1. The molecule has 0 aromatic heterocycles. The van der Waals surface area contributed by atoms with Crippen LogP contribution in [0.5, 0.6) is 0 Å². The van der Waals surface area contributed by atoms with Crippen LogP contribution in [-0.2, 0) is 6.42 Å². The number of hydrogen-bond acceptors (Lipinski definition) is 3. The molecule has 1 heterocycles. The van der Waals surface area contributed by atoms with Gasteiger partial charge in [0, 0.05) is 31.9 Å². The summed E-state index contributed by atoms with van der Waals surface area (Å²) >= 11 is 0. The molecule has 0 unspecified atom stereocenters. The highest BCUT2D eigenvalue weighted by molar-refractivity contribution is 5.40. The van der Waals surface area contributed by atoms with E-state index in [-0.39, 0.29) is 0 Å². The van der Waals surface area contributed by atoms with Gasteiger partial charge in [0.2, 0.25) is 0 Å². The predicted molar refractivity (Wildman–Crippen MR) is 77.7 cm³/mol. The van der Waals surface area contributed by atoms with Gasteiger partial charge >= 0.3 is 0 Å². The number of rotatable bonds is 5. The van der Waals surface area contributed by atoms with Gasteiger partial charge < -0.3 is 15.5 Å². The molecule has 0 radical (unpaired) electrons. The molecular weight excluding hydrogens is 222 g/mol. The largest absolute Gasteiger partial charge is 0.399 e. The van der Waals surface area contributed by atoms with Crippen molar-refractivity contribution in [1.29, 1.82) is 0 Å². The van der Waals surface area contributed by atoms with Gasteiger partial charge in [0.1, 0.15) is 0 Å². The van der Waals surface area contributed by atoms with E-state index in [9.17, 15) is 0 Å². The Labute approximate surface area is 111 Å². The van der Waals surface area contributed by atoms with Crippen molar-refractivity contribution in [3.63, 3.8) is 0 Å². The van der Waals surface area contributed by atoms with Gasteiger partial charge in [-0.25, -0.2) is 0 Å². The molecule has 2 rings (SSSR count). The highest BCUT2D eigenvalue weighted by atomic mass is 15.2. The quantitative estimate of drug-likeness (QED) is 0.636. The summed E-state index contributed by atoms with van der Waals surface area (Å²) in [5.41, 5.74) is 8.03. The van der Waals surface area contributed by atoms with Gasteiger partial charge in [-0.15, -0.1) is 0 Å². The first-order valence-electron chi connectivity index (χ1n) is 6.99. The Morgan fingerprint density at radius 2 is 1.89 bits per heavy atom. The summed E-state index contributed by atoms with van der Waals surface area (Å²) in [5.74, 6) is 0. The molecule has 100 valence electrons. The number of nitrogens with zero attached hydrogens (tertiary/aromatic N) is 2. The third-order valence-corrected chi connectivity index (χ3v) is 3.74. The third-order valence-electron chi connectivity index (χ3n) is 3.74. The Kier molecular flexibility index (Phi) is 5.02. The summed E-state index contributed by atoms with van der Waals surface area (Å²) in [6.45, 7) is 6.14. The van der Waals surface area contributed by atoms with Crippen molar-refractivity contribution in [3.8, 4) is 0 Å². The second-order valence-corrected chi connectivity index (χ2v) is 5.35. The number of piperazine rings is 1. The normalized spacial score (nSPS) is 18.1. The van der Waals surface area contributed by atoms with Crippen LogP contribution in [0, 0.1) is 0 Å². The molecule has 3 nitrogen and oxygen atoms in total. The van der Waals surface area contributed by atoms with Crippen molar-refractivity contribution in [1.82, 2.24) is 9.80 Å². The molecule has 2 N–H and O–H groups in total. The molecule has 0 amide bonds. The minimum Gasteiger partial charge on any atom is -0.399 e. The zero-order valence-electron chi connectivity index (χ0n) is 11.4. The number of anilines is 1. The smallest absolute Gasteiger partial charge is 0.0316 e. The van der Waals surface area contributed by atoms with E-state index in [1.165, 1.54) is 51.1 Å². The van der Waals surface area contributed by atoms with Crippen LogP contribution in [0.4, 0.5) is 5.69 Å². The van der Waals surface area contributed by atoms with Crippen LogP contribution < -0.4 is 5.73 Å². The highest BCUT2D eigenvalue weighted by Gasteiger charge is 2.12. The number of nitrogens with two attached hydrogens (primary N) is 1. The van der Waals surface area contributed by atoms with Gasteiger partial charge in [-0.1, -0.05) is 12.1 Å². The second kappa shape index (κ2) is 6.76. The van der Waals surface area contributed by atoms with Crippen molar-refractivity contribution >= 4 is 5.69 Å². The molecule has 1 aliphatic heterocycles. The van der Waals surface area contributed by atoms with E-state index in [4.69, 9.17) is 5.73 Å². The van der Waals surface area contributed by atoms with Crippen LogP contribution in [-0.4, -0.2) is 49.6 Å². The third kappa shape index (κ3) is 4.31. The average molecular weight is 247 g/mol. The SMILES string of the molecule is CN1CCN(CCCCc2cccc(N)c2)CC1. The van der Waals surface area contributed by atoms with Crippen LogP contribution in [0.1, 0.15) is 18.4 Å². The van der Waals surface area contributed by atoms with Crippen LogP contribution >= 0.6 is 0 Å². The molecule has 0 atom stereocenters. The van der Waals surface area contributed by atoms with E-state index in [0.29, 0.717) is 0 Å². The Hall–Kier alpha value is -1.06. The summed E-state index contributed by atoms with van der Waals surface area (Å²) in [6, 6.07) is 8.26. The van der Waals surface area contributed by atoms with Crippen molar-refractivity contribution in [2.75, 3.05) is 45.5 Å². The summed E-state index contributed by atoms with van der Waals surface area (Å²) in [4.78, 5) is 4.99. The lowest BCUT2D eigenvalue weighted by Gasteiger charge is -2.32.